The number of amides is 2. The molecule has 2 rings (SSSR count). The van der Waals surface area contributed by atoms with E-state index in [1.807, 2.05) is 31.2 Å². The monoisotopic (exact) mass is 477 g/mol. The molecule has 0 saturated carbocycles. The number of rotatable bonds is 11. The summed E-state index contributed by atoms with van der Waals surface area (Å²) >= 11 is 0. The van der Waals surface area contributed by atoms with Crippen LogP contribution < -0.4 is 9.62 Å². The van der Waals surface area contributed by atoms with Gasteiger partial charge >= 0.3 is 0 Å². The largest absolute Gasteiger partial charge is 0.355 e. The minimum atomic E-state index is -3.74. The predicted octanol–water partition coefficient (Wildman–Crippen LogP) is 3.23. The molecule has 1 atom stereocenters. The third-order valence-corrected chi connectivity index (χ3v) is 6.45. The number of anilines is 1. The first-order chi connectivity index (χ1) is 15.5. The highest BCUT2D eigenvalue weighted by atomic mass is 32.2. The van der Waals surface area contributed by atoms with Crippen LogP contribution in [0, 0.1) is 12.7 Å². The molecule has 0 aliphatic carbocycles. The molecule has 0 unspecified atom stereocenters. The Bertz CT molecular complexity index is 1060. The SMILES string of the molecule is CCNC(=O)[C@H](C)N(Cc1ccc(C)cc1)C(=O)CCCN(c1ccccc1F)S(C)(=O)=O. The highest BCUT2D eigenvalue weighted by Gasteiger charge is 2.26. The molecule has 2 aromatic rings. The van der Waals surface area contributed by atoms with E-state index in [1.165, 1.54) is 23.1 Å². The van der Waals surface area contributed by atoms with Gasteiger partial charge in [-0.05, 0) is 44.9 Å². The van der Waals surface area contributed by atoms with Crippen molar-refractivity contribution in [1.29, 1.82) is 0 Å². The molecule has 0 aliphatic rings. The van der Waals surface area contributed by atoms with E-state index in [4.69, 9.17) is 0 Å². The quantitative estimate of drug-likeness (QED) is 0.538. The summed E-state index contributed by atoms with van der Waals surface area (Å²) in [5.41, 5.74) is 1.91. The average Bonchev–Trinajstić information content (AvgIpc) is 2.76. The van der Waals surface area contributed by atoms with Crippen LogP contribution in [0.25, 0.3) is 0 Å². The first kappa shape index (κ1) is 26.3. The van der Waals surface area contributed by atoms with E-state index < -0.39 is 21.9 Å². The highest BCUT2D eigenvalue weighted by Crippen LogP contribution is 2.22. The Hall–Kier alpha value is -2.94. The van der Waals surface area contributed by atoms with Gasteiger partial charge in [0, 0.05) is 26.1 Å². The summed E-state index contributed by atoms with van der Waals surface area (Å²) in [6, 6.07) is 12.6. The third-order valence-electron chi connectivity index (χ3n) is 5.27. The molecule has 180 valence electrons. The van der Waals surface area contributed by atoms with E-state index in [9.17, 15) is 22.4 Å². The average molecular weight is 478 g/mol. The molecule has 0 fully saturated rings. The second-order valence-electron chi connectivity index (χ2n) is 7.97. The molecule has 0 heterocycles. The summed E-state index contributed by atoms with van der Waals surface area (Å²) in [5, 5.41) is 2.74. The molecule has 0 bridgehead atoms. The summed E-state index contributed by atoms with van der Waals surface area (Å²) in [6.45, 7) is 6.08. The van der Waals surface area contributed by atoms with E-state index in [2.05, 4.69) is 5.32 Å². The van der Waals surface area contributed by atoms with Crippen molar-refractivity contribution in [2.75, 3.05) is 23.7 Å². The fourth-order valence-electron chi connectivity index (χ4n) is 3.43. The number of hydrogen-bond acceptors (Lipinski definition) is 4. The topological polar surface area (TPSA) is 86.8 Å². The summed E-state index contributed by atoms with van der Waals surface area (Å²) < 4.78 is 39.6. The summed E-state index contributed by atoms with van der Waals surface area (Å²) in [4.78, 5) is 27.0. The number of para-hydroxylation sites is 1. The number of nitrogens with one attached hydrogen (secondary N) is 1. The van der Waals surface area contributed by atoms with E-state index in [1.54, 1.807) is 19.9 Å². The van der Waals surface area contributed by atoms with Gasteiger partial charge in [0.2, 0.25) is 21.8 Å². The maximum absolute atomic E-state index is 14.2. The number of carbonyl (C=O) groups excluding carboxylic acids is 2. The minimum Gasteiger partial charge on any atom is -0.355 e. The first-order valence-corrected chi connectivity index (χ1v) is 12.7. The van der Waals surface area contributed by atoms with Gasteiger partial charge in [-0.2, -0.15) is 0 Å². The molecule has 1 N–H and O–H groups in total. The fraction of sp³-hybridized carbons (Fsp3) is 0.417. The smallest absolute Gasteiger partial charge is 0.242 e. The van der Waals surface area contributed by atoms with Crippen LogP contribution in [0.2, 0.25) is 0 Å². The van der Waals surface area contributed by atoms with Crippen LogP contribution in [0.5, 0.6) is 0 Å². The number of likely N-dealkylation sites (N-methyl/N-ethyl adjacent to an activating group) is 1. The lowest BCUT2D eigenvalue weighted by molar-refractivity contribution is -0.140. The van der Waals surface area contributed by atoms with Crippen molar-refractivity contribution in [3.8, 4) is 0 Å². The number of aryl methyl sites for hydroxylation is 1. The first-order valence-electron chi connectivity index (χ1n) is 10.9. The van der Waals surface area contributed by atoms with Crippen molar-refractivity contribution in [1.82, 2.24) is 10.2 Å². The number of sulfonamides is 1. The lowest BCUT2D eigenvalue weighted by Gasteiger charge is -2.29. The normalized spacial score (nSPS) is 12.2. The van der Waals surface area contributed by atoms with Crippen LogP contribution in [0.4, 0.5) is 10.1 Å². The second-order valence-corrected chi connectivity index (χ2v) is 9.87. The van der Waals surface area contributed by atoms with Crippen molar-refractivity contribution in [3.05, 3.63) is 65.5 Å². The molecule has 0 spiro atoms. The molecular formula is C24H32FN3O4S. The Morgan fingerprint density at radius 1 is 1.09 bits per heavy atom. The minimum absolute atomic E-state index is 0.01000. The molecule has 33 heavy (non-hydrogen) atoms. The van der Waals surface area contributed by atoms with Gasteiger partial charge < -0.3 is 10.2 Å². The van der Waals surface area contributed by atoms with Crippen LogP contribution in [0.15, 0.2) is 48.5 Å². The summed E-state index contributed by atoms with van der Waals surface area (Å²) in [5.74, 6) is -1.20. The molecule has 2 aromatic carbocycles. The van der Waals surface area contributed by atoms with Crippen molar-refractivity contribution < 1.29 is 22.4 Å². The van der Waals surface area contributed by atoms with Gasteiger partial charge in [0.25, 0.3) is 0 Å². The number of benzene rings is 2. The molecule has 0 saturated heterocycles. The maximum Gasteiger partial charge on any atom is 0.242 e. The van der Waals surface area contributed by atoms with Crippen molar-refractivity contribution >= 4 is 27.5 Å². The van der Waals surface area contributed by atoms with E-state index >= 15 is 0 Å². The van der Waals surface area contributed by atoms with Crippen molar-refractivity contribution in [2.45, 2.75) is 46.2 Å². The van der Waals surface area contributed by atoms with Gasteiger partial charge in [0.15, 0.2) is 0 Å². The highest BCUT2D eigenvalue weighted by molar-refractivity contribution is 7.92. The van der Waals surface area contributed by atoms with Crippen LogP contribution in [0.1, 0.15) is 37.8 Å². The molecule has 0 aliphatic heterocycles. The van der Waals surface area contributed by atoms with Gasteiger partial charge in [-0.15, -0.1) is 0 Å². The summed E-state index contributed by atoms with van der Waals surface area (Å²) in [7, 11) is -3.74. The molecule has 7 nitrogen and oxygen atoms in total. The number of carbonyl (C=O) groups is 2. The van der Waals surface area contributed by atoms with Crippen molar-refractivity contribution in [2.24, 2.45) is 0 Å². The molecular weight excluding hydrogens is 445 g/mol. The van der Waals surface area contributed by atoms with Crippen LogP contribution in [-0.2, 0) is 26.2 Å². The molecule has 9 heteroatoms. The zero-order valence-electron chi connectivity index (χ0n) is 19.5. The van der Waals surface area contributed by atoms with Gasteiger partial charge in [-0.25, -0.2) is 12.8 Å². The Morgan fingerprint density at radius 2 is 1.73 bits per heavy atom. The van der Waals surface area contributed by atoms with Crippen LogP contribution >= 0.6 is 0 Å². The predicted molar refractivity (Wildman–Crippen MR) is 128 cm³/mol. The Labute approximate surface area is 195 Å². The van der Waals surface area contributed by atoms with Crippen LogP contribution in [0.3, 0.4) is 0 Å². The maximum atomic E-state index is 14.2. The van der Waals surface area contributed by atoms with Gasteiger partial charge in [0.05, 0.1) is 11.9 Å². The van der Waals surface area contributed by atoms with Crippen LogP contribution in [-0.4, -0.2) is 50.5 Å². The standard InChI is InChI=1S/C24H32FN3O4S/c1-5-26-24(30)19(3)27(17-20-14-12-18(2)13-15-20)23(29)11-8-16-28(33(4,31)32)22-10-7-6-9-21(22)25/h6-7,9-10,12-15,19H,5,8,11,16-17H2,1-4H3,(H,26,30)/t19-/m0/s1. The third kappa shape index (κ3) is 7.56. The van der Waals surface area contributed by atoms with Gasteiger partial charge in [-0.1, -0.05) is 42.0 Å². The van der Waals surface area contributed by atoms with Gasteiger partial charge in [-0.3, -0.25) is 13.9 Å². The lowest BCUT2D eigenvalue weighted by Crippen LogP contribution is -2.47. The summed E-state index contributed by atoms with van der Waals surface area (Å²) in [6.07, 6.45) is 1.19. The van der Waals surface area contributed by atoms with E-state index in [-0.39, 0.29) is 43.4 Å². The molecule has 2 amide bonds. The zero-order chi connectivity index (χ0) is 24.6. The molecule has 0 aromatic heterocycles. The second kappa shape index (κ2) is 11.8. The lowest BCUT2D eigenvalue weighted by atomic mass is 10.1. The number of halogens is 1. The number of hydrogen-bond donors (Lipinski definition) is 1. The van der Waals surface area contributed by atoms with Gasteiger partial charge in [0.1, 0.15) is 11.9 Å². The fourth-order valence-corrected chi connectivity index (χ4v) is 4.40. The Morgan fingerprint density at radius 3 is 2.30 bits per heavy atom. The van der Waals surface area contributed by atoms with Crippen molar-refractivity contribution in [3.63, 3.8) is 0 Å². The van der Waals surface area contributed by atoms with E-state index in [0.717, 1.165) is 21.7 Å². The molecule has 0 radical (unpaired) electrons. The Kier molecular flexibility index (Phi) is 9.40. The Balaban J connectivity index is 2.15. The van der Waals surface area contributed by atoms with E-state index in [0.29, 0.717) is 6.54 Å². The zero-order valence-corrected chi connectivity index (χ0v) is 20.4. The number of nitrogens with zero attached hydrogens (tertiary/aromatic N) is 2.